The zero-order chi connectivity index (χ0) is 21.7. The molecule has 3 rings (SSSR count). The number of likely N-dealkylation sites (tertiary alicyclic amines) is 1. The number of carboxylic acid groups (broad SMARTS) is 1. The fourth-order valence-corrected chi connectivity index (χ4v) is 5.58. The summed E-state index contributed by atoms with van der Waals surface area (Å²) in [6, 6.07) is -0.305. The molecule has 0 aliphatic carbocycles. The maximum atomic E-state index is 12.4. The summed E-state index contributed by atoms with van der Waals surface area (Å²) in [5, 5.41) is 19.6. The highest BCUT2D eigenvalue weighted by Gasteiger charge is 2.59. The van der Waals surface area contributed by atoms with Crippen molar-refractivity contribution in [3.63, 3.8) is 0 Å². The minimum atomic E-state index is -3.34. The molecule has 1 amide bonds. The van der Waals surface area contributed by atoms with E-state index in [-0.39, 0.29) is 29.5 Å². The van der Waals surface area contributed by atoms with Gasteiger partial charge in [-0.05, 0) is 37.8 Å². The van der Waals surface area contributed by atoms with Crippen LogP contribution in [0.5, 0.6) is 0 Å². The van der Waals surface area contributed by atoms with E-state index in [1.54, 1.807) is 6.92 Å². The Hall–Kier alpha value is -1.91. The largest absolute Gasteiger partial charge is 0.477 e. The van der Waals surface area contributed by atoms with Crippen LogP contribution < -0.4 is 4.72 Å². The Morgan fingerprint density at radius 1 is 1.41 bits per heavy atom. The Labute approximate surface area is 171 Å². The van der Waals surface area contributed by atoms with Crippen molar-refractivity contribution in [1.82, 2.24) is 14.5 Å². The lowest BCUT2D eigenvalue weighted by molar-refractivity contribution is -0.163. The number of fused-ring (bicyclic) bond motifs is 1. The smallest absolute Gasteiger partial charge is 0.352 e. The van der Waals surface area contributed by atoms with Crippen LogP contribution in [0.2, 0.25) is 0 Å². The average molecular weight is 428 g/mol. The summed E-state index contributed by atoms with van der Waals surface area (Å²) in [5.74, 6) is -1.92. The average Bonchev–Trinajstić information content (AvgIpc) is 3.07. The van der Waals surface area contributed by atoms with Gasteiger partial charge < -0.3 is 15.1 Å². The first kappa shape index (κ1) is 21.8. The lowest BCUT2D eigenvalue weighted by atomic mass is 9.77. The lowest BCUT2D eigenvalue weighted by Crippen LogP contribution is -2.63. The third kappa shape index (κ3) is 4.19. The highest BCUT2D eigenvalue weighted by atomic mass is 32.2. The topological polar surface area (TPSA) is 127 Å². The molecule has 9 nitrogen and oxygen atoms in total. The minimum Gasteiger partial charge on any atom is -0.477 e. The van der Waals surface area contributed by atoms with Gasteiger partial charge in [-0.15, -0.1) is 0 Å². The molecule has 2 unspecified atom stereocenters. The molecule has 0 saturated carbocycles. The summed E-state index contributed by atoms with van der Waals surface area (Å²) in [4.78, 5) is 27.8. The maximum Gasteiger partial charge on any atom is 0.352 e. The van der Waals surface area contributed by atoms with Gasteiger partial charge in [0.15, 0.2) is 0 Å². The van der Waals surface area contributed by atoms with Crippen molar-refractivity contribution in [3.8, 4) is 0 Å². The number of carbonyl (C=O) groups is 2. The molecule has 2 fully saturated rings. The van der Waals surface area contributed by atoms with Crippen LogP contribution >= 0.6 is 0 Å². The van der Waals surface area contributed by atoms with E-state index < -0.39 is 28.0 Å². The molecule has 3 heterocycles. The van der Waals surface area contributed by atoms with Crippen LogP contribution in [-0.4, -0.2) is 78.3 Å². The summed E-state index contributed by atoms with van der Waals surface area (Å²) in [6.45, 7) is 9.16. The Morgan fingerprint density at radius 2 is 2.07 bits per heavy atom. The SMILES string of the molecule is C=C(C[C@H]1CCN(CC2=C(C(=O)O)N3C(=O)C([C@@H](C)O)C3[C@H]2C)C1)NS(C)(=O)=O. The van der Waals surface area contributed by atoms with Crippen LogP contribution in [0.1, 0.15) is 26.7 Å². The molecule has 0 aromatic heterocycles. The highest BCUT2D eigenvalue weighted by Crippen LogP contribution is 2.47. The summed E-state index contributed by atoms with van der Waals surface area (Å²) >= 11 is 0. The molecule has 3 N–H and O–H groups in total. The summed E-state index contributed by atoms with van der Waals surface area (Å²) < 4.78 is 25.0. The van der Waals surface area contributed by atoms with Crippen molar-refractivity contribution in [3.05, 3.63) is 23.5 Å². The van der Waals surface area contributed by atoms with Crippen LogP contribution in [0, 0.1) is 17.8 Å². The zero-order valence-corrected chi connectivity index (χ0v) is 17.8. The van der Waals surface area contributed by atoms with Crippen molar-refractivity contribution in [2.24, 2.45) is 17.8 Å². The van der Waals surface area contributed by atoms with Gasteiger partial charge in [-0.25, -0.2) is 13.2 Å². The third-order valence-corrected chi connectivity index (χ3v) is 6.81. The molecule has 29 heavy (non-hydrogen) atoms. The van der Waals surface area contributed by atoms with Crippen molar-refractivity contribution < 1.29 is 28.2 Å². The molecule has 0 bridgehead atoms. The van der Waals surface area contributed by atoms with E-state index in [0.717, 1.165) is 19.2 Å². The summed E-state index contributed by atoms with van der Waals surface area (Å²) in [7, 11) is -3.34. The predicted molar refractivity (Wildman–Crippen MR) is 106 cm³/mol. The maximum absolute atomic E-state index is 12.4. The molecule has 0 aromatic carbocycles. The third-order valence-electron chi connectivity index (χ3n) is 6.15. The number of nitrogens with zero attached hydrogens (tertiary/aromatic N) is 2. The summed E-state index contributed by atoms with van der Waals surface area (Å²) in [6.07, 6.45) is 1.66. The number of β-lactam (4-membered cyclic amide) rings is 1. The number of aliphatic hydroxyl groups is 1. The predicted octanol–water partition coefficient (Wildman–Crippen LogP) is -0.0425. The quantitative estimate of drug-likeness (QED) is 0.464. The number of sulfonamides is 1. The number of rotatable bonds is 8. The molecule has 0 aromatic rings. The van der Waals surface area contributed by atoms with Crippen molar-refractivity contribution >= 4 is 21.9 Å². The van der Waals surface area contributed by atoms with Crippen LogP contribution in [0.3, 0.4) is 0 Å². The Kier molecular flexibility index (Phi) is 5.81. The second kappa shape index (κ2) is 7.73. The zero-order valence-electron chi connectivity index (χ0n) is 17.0. The van der Waals surface area contributed by atoms with Crippen LogP contribution in [-0.2, 0) is 19.6 Å². The van der Waals surface area contributed by atoms with Crippen LogP contribution in [0.4, 0.5) is 0 Å². The number of carbonyl (C=O) groups excluding carboxylic acids is 1. The minimum absolute atomic E-state index is 0.0519. The lowest BCUT2D eigenvalue weighted by Gasteiger charge is -2.46. The van der Waals surface area contributed by atoms with Gasteiger partial charge in [0, 0.05) is 24.7 Å². The second-order valence-corrected chi connectivity index (χ2v) is 10.3. The van der Waals surface area contributed by atoms with E-state index in [1.807, 2.05) is 6.92 Å². The Balaban J connectivity index is 1.68. The van der Waals surface area contributed by atoms with Crippen molar-refractivity contribution in [2.75, 3.05) is 25.9 Å². The van der Waals surface area contributed by atoms with E-state index >= 15 is 0 Å². The van der Waals surface area contributed by atoms with E-state index in [2.05, 4.69) is 16.2 Å². The summed E-state index contributed by atoms with van der Waals surface area (Å²) in [5.41, 5.74) is 1.22. The number of carboxylic acids is 1. The number of nitrogens with one attached hydrogen (secondary N) is 1. The monoisotopic (exact) mass is 427 g/mol. The fraction of sp³-hybridized carbons (Fsp3) is 0.684. The van der Waals surface area contributed by atoms with Crippen molar-refractivity contribution in [2.45, 2.75) is 38.8 Å². The van der Waals surface area contributed by atoms with Gasteiger partial charge in [-0.2, -0.15) is 0 Å². The van der Waals surface area contributed by atoms with Crippen LogP contribution in [0.15, 0.2) is 23.5 Å². The molecular weight excluding hydrogens is 398 g/mol. The number of aliphatic hydroxyl groups excluding tert-OH is 1. The number of aliphatic carboxylic acids is 1. The first-order valence-electron chi connectivity index (χ1n) is 9.76. The van der Waals surface area contributed by atoms with Gasteiger partial charge in [0.05, 0.1) is 24.3 Å². The molecular formula is C19H29N3O6S. The molecule has 10 heteroatoms. The molecule has 0 radical (unpaired) electrons. The van der Waals surface area contributed by atoms with Crippen LogP contribution in [0.25, 0.3) is 0 Å². The van der Waals surface area contributed by atoms with E-state index in [9.17, 15) is 28.2 Å². The normalized spacial score (nSPS) is 30.9. The van der Waals surface area contributed by atoms with Gasteiger partial charge in [0.2, 0.25) is 15.9 Å². The molecule has 0 spiro atoms. The Morgan fingerprint density at radius 3 is 2.62 bits per heavy atom. The van der Waals surface area contributed by atoms with Gasteiger partial charge in [0.25, 0.3) is 0 Å². The van der Waals surface area contributed by atoms with Gasteiger partial charge >= 0.3 is 5.97 Å². The fourth-order valence-electron chi connectivity index (χ4n) is 4.97. The standard InChI is InChI=1S/C19H29N3O6S/c1-10(20-29(4,27)28)7-13-5-6-21(8-13)9-14-11(2)16-15(12(3)23)18(24)22(16)17(14)19(25)26/h11-13,15-16,20,23H,1,5-9H2,2-4H3,(H,25,26)/t11-,12+,13+,15?,16?/m0/s1. The van der Waals surface area contributed by atoms with E-state index in [4.69, 9.17) is 0 Å². The highest BCUT2D eigenvalue weighted by molar-refractivity contribution is 7.88. The van der Waals surface area contributed by atoms with Gasteiger partial charge in [0.1, 0.15) is 5.70 Å². The molecule has 162 valence electrons. The second-order valence-electron chi connectivity index (χ2n) is 8.50. The molecule has 2 saturated heterocycles. The van der Waals surface area contributed by atoms with E-state index in [1.165, 1.54) is 4.90 Å². The Bertz CT molecular complexity index is 865. The molecule has 3 aliphatic rings. The number of amides is 1. The first-order chi connectivity index (χ1) is 13.4. The number of hydrogen-bond donors (Lipinski definition) is 3. The number of allylic oxidation sites excluding steroid dienone is 1. The molecule has 5 atom stereocenters. The number of hydrogen-bond acceptors (Lipinski definition) is 6. The van der Waals surface area contributed by atoms with Gasteiger partial charge in [-0.1, -0.05) is 13.5 Å². The molecule has 3 aliphatic heterocycles. The van der Waals surface area contributed by atoms with E-state index in [0.29, 0.717) is 30.8 Å². The van der Waals surface area contributed by atoms with Crippen molar-refractivity contribution in [1.29, 1.82) is 0 Å². The van der Waals surface area contributed by atoms with Gasteiger partial charge in [-0.3, -0.25) is 14.4 Å². The first-order valence-corrected chi connectivity index (χ1v) is 11.6.